The number of nitrogens with zero attached hydrogens (tertiary/aromatic N) is 2. The van der Waals surface area contributed by atoms with Crippen molar-refractivity contribution >= 4 is 22.0 Å². The lowest BCUT2D eigenvalue weighted by Gasteiger charge is -2.16. The van der Waals surface area contributed by atoms with E-state index >= 15 is 0 Å². The smallest absolute Gasteiger partial charge is 0.281 e. The number of fused-ring (bicyclic) bond motifs is 3. The van der Waals surface area contributed by atoms with Crippen molar-refractivity contribution in [2.45, 2.75) is 39.3 Å². The SMILES string of the molecule is Cc1nc2c(=O)n(C3CC3)c3c(C)c(-c4cc(F)c(CO)cc4F)ccc3c2o1. The number of hydrogen-bond acceptors (Lipinski definition) is 4. The molecule has 0 atom stereocenters. The fourth-order valence-corrected chi connectivity index (χ4v) is 4.05. The molecule has 0 radical (unpaired) electrons. The highest BCUT2D eigenvalue weighted by Gasteiger charge is 2.30. The summed E-state index contributed by atoms with van der Waals surface area (Å²) in [7, 11) is 0. The number of aliphatic hydroxyl groups is 1. The van der Waals surface area contributed by atoms with Crippen LogP contribution in [0, 0.1) is 25.5 Å². The number of aromatic nitrogens is 2. The van der Waals surface area contributed by atoms with Gasteiger partial charge in [-0.25, -0.2) is 13.8 Å². The molecule has 1 aliphatic carbocycles. The van der Waals surface area contributed by atoms with Crippen LogP contribution in [0.15, 0.2) is 33.5 Å². The van der Waals surface area contributed by atoms with Gasteiger partial charge in [0, 0.05) is 29.5 Å². The number of rotatable bonds is 3. The van der Waals surface area contributed by atoms with Crippen LogP contribution in [0.5, 0.6) is 0 Å². The Hall–Kier alpha value is -3.06. The van der Waals surface area contributed by atoms with Gasteiger partial charge in [-0.3, -0.25) is 4.79 Å². The second kappa shape index (κ2) is 6.22. The van der Waals surface area contributed by atoms with Gasteiger partial charge in [0.2, 0.25) is 0 Å². The number of aryl methyl sites for hydroxylation is 2. The summed E-state index contributed by atoms with van der Waals surface area (Å²) in [6.07, 6.45) is 1.77. The van der Waals surface area contributed by atoms with Gasteiger partial charge in [0.15, 0.2) is 17.0 Å². The summed E-state index contributed by atoms with van der Waals surface area (Å²) in [6, 6.07) is 5.63. The quantitative estimate of drug-likeness (QED) is 0.552. The molecule has 2 aromatic carbocycles. The summed E-state index contributed by atoms with van der Waals surface area (Å²) in [4.78, 5) is 17.4. The number of pyridine rings is 1. The average Bonchev–Trinajstić information content (AvgIpc) is 3.44. The van der Waals surface area contributed by atoms with Crippen molar-refractivity contribution in [3.8, 4) is 11.1 Å². The highest BCUT2D eigenvalue weighted by molar-refractivity contribution is 6.04. The van der Waals surface area contributed by atoms with Crippen LogP contribution in [0.25, 0.3) is 33.1 Å². The predicted molar refractivity (Wildman–Crippen MR) is 105 cm³/mol. The third-order valence-electron chi connectivity index (χ3n) is 5.58. The van der Waals surface area contributed by atoms with Crippen LogP contribution in [-0.2, 0) is 6.61 Å². The topological polar surface area (TPSA) is 68.3 Å². The maximum atomic E-state index is 14.7. The molecule has 7 heteroatoms. The molecule has 0 amide bonds. The van der Waals surface area contributed by atoms with E-state index in [0.717, 1.165) is 30.4 Å². The standard InChI is InChI=1S/C22H18F2N2O3/c1-10-14(16-8-17(23)12(9-27)7-18(16)24)5-6-15-20(10)26(13-3-4-13)22(28)19-21(15)29-11(2)25-19/h5-8,13,27H,3-4,9H2,1-2H3. The third-order valence-corrected chi connectivity index (χ3v) is 5.58. The molecular formula is C22H18F2N2O3. The molecule has 5 nitrogen and oxygen atoms in total. The maximum Gasteiger partial charge on any atom is 0.281 e. The first-order chi connectivity index (χ1) is 13.9. The van der Waals surface area contributed by atoms with Gasteiger partial charge in [-0.2, -0.15) is 0 Å². The van der Waals surface area contributed by atoms with Crippen molar-refractivity contribution in [3.05, 3.63) is 63.3 Å². The van der Waals surface area contributed by atoms with E-state index in [1.165, 1.54) is 0 Å². The van der Waals surface area contributed by atoms with Gasteiger partial charge in [-0.05, 0) is 49.1 Å². The Labute approximate surface area is 164 Å². The Morgan fingerprint density at radius 2 is 1.93 bits per heavy atom. The minimum absolute atomic E-state index is 0.0682. The Morgan fingerprint density at radius 1 is 1.17 bits per heavy atom. The fraction of sp³-hybridized carbons (Fsp3) is 0.273. The molecule has 2 heterocycles. The van der Waals surface area contributed by atoms with Gasteiger partial charge in [0.1, 0.15) is 11.6 Å². The molecule has 1 aliphatic rings. The predicted octanol–water partition coefficient (Wildman–Crippen LogP) is 4.53. The summed E-state index contributed by atoms with van der Waals surface area (Å²) >= 11 is 0. The lowest BCUT2D eigenvalue weighted by molar-refractivity contribution is 0.275. The van der Waals surface area contributed by atoms with Crippen LogP contribution in [0.4, 0.5) is 8.78 Å². The highest BCUT2D eigenvalue weighted by Crippen LogP contribution is 2.40. The summed E-state index contributed by atoms with van der Waals surface area (Å²) in [5, 5.41) is 9.90. The van der Waals surface area contributed by atoms with Crippen molar-refractivity contribution < 1.29 is 18.3 Å². The van der Waals surface area contributed by atoms with Crippen molar-refractivity contribution in [2.75, 3.05) is 0 Å². The fourth-order valence-electron chi connectivity index (χ4n) is 4.05. The highest BCUT2D eigenvalue weighted by atomic mass is 19.1. The Balaban J connectivity index is 1.88. The molecule has 29 heavy (non-hydrogen) atoms. The second-order valence-corrected chi connectivity index (χ2v) is 7.53. The van der Waals surface area contributed by atoms with Crippen molar-refractivity contribution in [2.24, 2.45) is 0 Å². The van der Waals surface area contributed by atoms with Gasteiger partial charge in [-0.1, -0.05) is 6.07 Å². The van der Waals surface area contributed by atoms with E-state index in [1.54, 1.807) is 30.5 Å². The number of aliphatic hydroxyl groups excluding tert-OH is 1. The molecule has 148 valence electrons. The van der Waals surface area contributed by atoms with Crippen LogP contribution in [-0.4, -0.2) is 14.7 Å². The first kappa shape index (κ1) is 18.0. The molecule has 2 aromatic heterocycles. The molecule has 0 spiro atoms. The average molecular weight is 396 g/mol. The second-order valence-electron chi connectivity index (χ2n) is 7.53. The van der Waals surface area contributed by atoms with Crippen molar-refractivity contribution in [1.82, 2.24) is 9.55 Å². The first-order valence-electron chi connectivity index (χ1n) is 9.44. The van der Waals surface area contributed by atoms with Crippen LogP contribution >= 0.6 is 0 Å². The lowest BCUT2D eigenvalue weighted by Crippen LogP contribution is -2.20. The minimum atomic E-state index is -0.677. The Bertz CT molecular complexity index is 1370. The number of oxazole rings is 1. The van der Waals surface area contributed by atoms with E-state index in [1.807, 2.05) is 0 Å². The third kappa shape index (κ3) is 2.61. The summed E-state index contributed by atoms with van der Waals surface area (Å²) in [6.45, 7) is 2.90. The number of benzene rings is 2. The van der Waals surface area contributed by atoms with E-state index in [2.05, 4.69) is 4.98 Å². The molecule has 5 rings (SSSR count). The normalized spacial score (nSPS) is 14.2. The molecule has 1 fully saturated rings. The largest absolute Gasteiger partial charge is 0.440 e. The Kier molecular flexibility index (Phi) is 3.86. The van der Waals surface area contributed by atoms with E-state index < -0.39 is 18.2 Å². The zero-order valence-corrected chi connectivity index (χ0v) is 15.9. The van der Waals surface area contributed by atoms with Crippen LogP contribution in [0.2, 0.25) is 0 Å². The van der Waals surface area contributed by atoms with Crippen molar-refractivity contribution in [1.29, 1.82) is 0 Å². The van der Waals surface area contributed by atoms with Gasteiger partial charge in [0.05, 0.1) is 12.1 Å². The van der Waals surface area contributed by atoms with E-state index in [4.69, 9.17) is 4.42 Å². The molecule has 0 aliphatic heterocycles. The number of hydrogen-bond donors (Lipinski definition) is 1. The molecule has 4 aromatic rings. The molecular weight excluding hydrogens is 378 g/mol. The van der Waals surface area contributed by atoms with Crippen molar-refractivity contribution in [3.63, 3.8) is 0 Å². The zero-order valence-electron chi connectivity index (χ0n) is 15.9. The maximum absolute atomic E-state index is 14.7. The first-order valence-corrected chi connectivity index (χ1v) is 9.44. The van der Waals surface area contributed by atoms with E-state index in [0.29, 0.717) is 33.6 Å². The lowest BCUT2D eigenvalue weighted by atomic mass is 9.95. The molecule has 1 saturated carbocycles. The van der Waals surface area contributed by atoms with E-state index in [-0.39, 0.29) is 22.7 Å². The van der Waals surface area contributed by atoms with Gasteiger partial charge >= 0.3 is 0 Å². The summed E-state index contributed by atoms with van der Waals surface area (Å²) < 4.78 is 36.4. The van der Waals surface area contributed by atoms with Crippen LogP contribution in [0.3, 0.4) is 0 Å². The molecule has 1 N–H and O–H groups in total. The Morgan fingerprint density at radius 3 is 2.62 bits per heavy atom. The van der Waals surface area contributed by atoms with Gasteiger partial charge in [-0.15, -0.1) is 0 Å². The van der Waals surface area contributed by atoms with Crippen LogP contribution in [0.1, 0.15) is 35.9 Å². The zero-order chi connectivity index (χ0) is 20.4. The molecule has 0 bridgehead atoms. The molecule has 0 unspecified atom stereocenters. The summed E-state index contributed by atoms with van der Waals surface area (Å²) in [5.74, 6) is -0.902. The number of halogens is 2. The minimum Gasteiger partial charge on any atom is -0.440 e. The summed E-state index contributed by atoms with van der Waals surface area (Å²) in [5.41, 5.74) is 2.27. The van der Waals surface area contributed by atoms with Crippen LogP contribution < -0.4 is 5.56 Å². The van der Waals surface area contributed by atoms with Gasteiger partial charge < -0.3 is 14.1 Å². The monoisotopic (exact) mass is 396 g/mol. The van der Waals surface area contributed by atoms with E-state index in [9.17, 15) is 18.7 Å². The molecule has 0 saturated heterocycles. The van der Waals surface area contributed by atoms with Gasteiger partial charge in [0.25, 0.3) is 5.56 Å².